The van der Waals surface area contributed by atoms with E-state index >= 15 is 0 Å². The van der Waals surface area contributed by atoms with Crippen LogP contribution in [0.1, 0.15) is 135 Å². The minimum absolute atomic E-state index is 0.340. The summed E-state index contributed by atoms with van der Waals surface area (Å²) >= 11 is 0. The highest BCUT2D eigenvalue weighted by Gasteiger charge is 1.97. The lowest BCUT2D eigenvalue weighted by Crippen LogP contribution is -1.93. The molecule has 0 aromatic carbocycles. The first-order chi connectivity index (χ1) is 13.8. The largest absolute Gasteiger partial charge is 0.481 e. The zero-order chi connectivity index (χ0) is 20.5. The van der Waals surface area contributed by atoms with E-state index in [1.165, 1.54) is 109 Å². The third-order valence-corrected chi connectivity index (χ3v) is 5.32. The molecule has 0 saturated carbocycles. The van der Waals surface area contributed by atoms with Gasteiger partial charge in [0.2, 0.25) is 0 Å². The Bertz CT molecular complexity index is 371. The monoisotopic (exact) mass is 392 g/mol. The second-order valence-electron chi connectivity index (χ2n) is 8.19. The molecule has 0 bridgehead atoms. The number of aliphatic carboxylic acids is 1. The SMILES string of the molecule is CCCC/C=C\CC/C=C\CCCCCCCCCCCCCCCC(=O)O. The summed E-state index contributed by atoms with van der Waals surface area (Å²) < 4.78 is 0. The van der Waals surface area contributed by atoms with Crippen molar-refractivity contribution in [3.63, 3.8) is 0 Å². The molecule has 0 fully saturated rings. The van der Waals surface area contributed by atoms with E-state index in [2.05, 4.69) is 31.2 Å². The van der Waals surface area contributed by atoms with Crippen molar-refractivity contribution in [1.82, 2.24) is 0 Å². The lowest BCUT2D eigenvalue weighted by molar-refractivity contribution is -0.137. The van der Waals surface area contributed by atoms with Crippen molar-refractivity contribution in [3.05, 3.63) is 24.3 Å². The van der Waals surface area contributed by atoms with E-state index in [4.69, 9.17) is 5.11 Å². The predicted molar refractivity (Wildman–Crippen MR) is 124 cm³/mol. The van der Waals surface area contributed by atoms with Crippen LogP contribution >= 0.6 is 0 Å². The first-order valence-electron chi connectivity index (χ1n) is 12.3. The van der Waals surface area contributed by atoms with Crippen LogP contribution in [0, 0.1) is 0 Å². The average Bonchev–Trinajstić information content (AvgIpc) is 2.68. The quantitative estimate of drug-likeness (QED) is 0.147. The second kappa shape index (κ2) is 24.0. The molecule has 0 aromatic rings. The molecular weight excluding hydrogens is 344 g/mol. The predicted octanol–water partition coefficient (Wildman–Crippen LogP) is 9.01. The van der Waals surface area contributed by atoms with Gasteiger partial charge in [-0.25, -0.2) is 0 Å². The Kier molecular flexibility index (Phi) is 23.1. The van der Waals surface area contributed by atoms with Crippen molar-refractivity contribution >= 4 is 5.97 Å². The maximum atomic E-state index is 10.4. The van der Waals surface area contributed by atoms with Gasteiger partial charge >= 0.3 is 5.97 Å². The molecule has 1 N–H and O–H groups in total. The van der Waals surface area contributed by atoms with E-state index in [0.717, 1.165) is 12.8 Å². The van der Waals surface area contributed by atoms with Crippen LogP contribution in [0.15, 0.2) is 24.3 Å². The van der Waals surface area contributed by atoms with Crippen molar-refractivity contribution in [3.8, 4) is 0 Å². The molecule has 0 aliphatic heterocycles. The standard InChI is InChI=1S/C26H48O2/c1-2-3-4-5-6-7-8-9-10-11-12-13-14-15-16-17-18-19-20-21-22-23-24-25-26(27)28/h5-6,9-10H,2-4,7-8,11-25H2,1H3,(H,27,28)/b6-5-,10-9-. The van der Waals surface area contributed by atoms with Gasteiger partial charge in [-0.3, -0.25) is 4.79 Å². The summed E-state index contributed by atoms with van der Waals surface area (Å²) in [6, 6.07) is 0. The highest BCUT2D eigenvalue weighted by atomic mass is 16.4. The molecule has 0 aliphatic carbocycles. The van der Waals surface area contributed by atoms with Crippen LogP contribution in [0.5, 0.6) is 0 Å². The van der Waals surface area contributed by atoms with Crippen molar-refractivity contribution in [1.29, 1.82) is 0 Å². The molecule has 2 nitrogen and oxygen atoms in total. The molecule has 0 heterocycles. The molecule has 0 radical (unpaired) electrons. The van der Waals surface area contributed by atoms with Crippen molar-refractivity contribution < 1.29 is 9.90 Å². The van der Waals surface area contributed by atoms with E-state index in [9.17, 15) is 4.79 Å². The third-order valence-electron chi connectivity index (χ3n) is 5.32. The summed E-state index contributed by atoms with van der Waals surface area (Å²) in [6.07, 6.45) is 34.1. The minimum atomic E-state index is -0.655. The van der Waals surface area contributed by atoms with Crippen LogP contribution in [0.4, 0.5) is 0 Å². The average molecular weight is 393 g/mol. The number of carboxylic acid groups (broad SMARTS) is 1. The van der Waals surface area contributed by atoms with Gasteiger partial charge in [-0.05, 0) is 38.5 Å². The fraction of sp³-hybridized carbons (Fsp3) is 0.808. The van der Waals surface area contributed by atoms with Crippen molar-refractivity contribution in [2.45, 2.75) is 135 Å². The molecular formula is C26H48O2. The molecule has 0 aliphatic rings. The van der Waals surface area contributed by atoms with E-state index in [1.807, 2.05) is 0 Å². The zero-order valence-electron chi connectivity index (χ0n) is 18.8. The molecule has 0 rings (SSSR count). The van der Waals surface area contributed by atoms with Gasteiger partial charge in [0, 0.05) is 6.42 Å². The lowest BCUT2D eigenvalue weighted by Gasteiger charge is -2.03. The zero-order valence-corrected chi connectivity index (χ0v) is 18.8. The van der Waals surface area contributed by atoms with Crippen LogP contribution in [0.25, 0.3) is 0 Å². The summed E-state index contributed by atoms with van der Waals surface area (Å²) in [7, 11) is 0. The van der Waals surface area contributed by atoms with Gasteiger partial charge in [0.15, 0.2) is 0 Å². The Balaban J connectivity index is 3.11. The Labute approximate surface area is 175 Å². The molecule has 0 saturated heterocycles. The van der Waals surface area contributed by atoms with Crippen LogP contribution in [0.2, 0.25) is 0 Å². The number of hydrogen-bond donors (Lipinski definition) is 1. The van der Waals surface area contributed by atoms with E-state index < -0.39 is 5.97 Å². The summed E-state index contributed by atoms with van der Waals surface area (Å²) in [5.74, 6) is -0.655. The topological polar surface area (TPSA) is 37.3 Å². The maximum Gasteiger partial charge on any atom is 0.303 e. The number of hydrogen-bond acceptors (Lipinski definition) is 1. The molecule has 0 amide bonds. The van der Waals surface area contributed by atoms with Crippen molar-refractivity contribution in [2.24, 2.45) is 0 Å². The van der Waals surface area contributed by atoms with Gasteiger partial charge in [-0.2, -0.15) is 0 Å². The fourth-order valence-corrected chi connectivity index (χ4v) is 3.47. The summed E-state index contributed by atoms with van der Waals surface area (Å²) in [5.41, 5.74) is 0. The summed E-state index contributed by atoms with van der Waals surface area (Å²) in [5, 5.41) is 8.58. The molecule has 28 heavy (non-hydrogen) atoms. The van der Waals surface area contributed by atoms with Crippen LogP contribution in [0.3, 0.4) is 0 Å². The molecule has 2 heteroatoms. The van der Waals surface area contributed by atoms with Crippen LogP contribution in [-0.2, 0) is 4.79 Å². The number of carbonyl (C=O) groups is 1. The van der Waals surface area contributed by atoms with E-state index in [0.29, 0.717) is 6.42 Å². The molecule has 0 atom stereocenters. The molecule has 0 aromatic heterocycles. The van der Waals surface area contributed by atoms with E-state index in [-0.39, 0.29) is 0 Å². The lowest BCUT2D eigenvalue weighted by atomic mass is 10.0. The number of rotatable bonds is 22. The fourth-order valence-electron chi connectivity index (χ4n) is 3.47. The summed E-state index contributed by atoms with van der Waals surface area (Å²) in [6.45, 7) is 2.25. The van der Waals surface area contributed by atoms with Gasteiger partial charge in [0.25, 0.3) is 0 Å². The second-order valence-corrected chi connectivity index (χ2v) is 8.19. The minimum Gasteiger partial charge on any atom is -0.481 e. The first kappa shape index (κ1) is 27.0. The molecule has 164 valence electrons. The molecule has 0 spiro atoms. The highest BCUT2D eigenvalue weighted by molar-refractivity contribution is 5.66. The van der Waals surface area contributed by atoms with Crippen LogP contribution < -0.4 is 0 Å². The molecule has 0 unspecified atom stereocenters. The van der Waals surface area contributed by atoms with E-state index in [1.54, 1.807) is 0 Å². The Morgan fingerprint density at radius 1 is 0.536 bits per heavy atom. The Morgan fingerprint density at radius 3 is 1.32 bits per heavy atom. The normalized spacial score (nSPS) is 11.8. The third kappa shape index (κ3) is 24.9. The van der Waals surface area contributed by atoms with Gasteiger partial charge < -0.3 is 5.11 Å². The van der Waals surface area contributed by atoms with Gasteiger partial charge in [0.05, 0.1) is 0 Å². The smallest absolute Gasteiger partial charge is 0.303 e. The number of allylic oxidation sites excluding steroid dienone is 4. The Morgan fingerprint density at radius 2 is 0.893 bits per heavy atom. The van der Waals surface area contributed by atoms with Gasteiger partial charge in [-0.15, -0.1) is 0 Å². The highest BCUT2D eigenvalue weighted by Crippen LogP contribution is 2.13. The first-order valence-corrected chi connectivity index (χ1v) is 12.3. The van der Waals surface area contributed by atoms with Crippen LogP contribution in [-0.4, -0.2) is 11.1 Å². The number of carboxylic acids is 1. The van der Waals surface area contributed by atoms with Gasteiger partial charge in [-0.1, -0.05) is 115 Å². The van der Waals surface area contributed by atoms with Gasteiger partial charge in [0.1, 0.15) is 0 Å². The number of unbranched alkanes of at least 4 members (excludes halogenated alkanes) is 16. The van der Waals surface area contributed by atoms with Crippen molar-refractivity contribution in [2.75, 3.05) is 0 Å². The summed E-state index contributed by atoms with van der Waals surface area (Å²) in [4.78, 5) is 10.4. The Hall–Kier alpha value is -1.05. The maximum absolute atomic E-state index is 10.4.